The molecule has 1 aromatic carbocycles. The van der Waals surface area contributed by atoms with Crippen LogP contribution in [0.1, 0.15) is 22.8 Å². The van der Waals surface area contributed by atoms with Crippen LogP contribution in [-0.4, -0.2) is 25.9 Å². The van der Waals surface area contributed by atoms with E-state index in [2.05, 4.69) is 10.1 Å². The number of alkyl halides is 6. The maximum atomic E-state index is 12.7. The summed E-state index contributed by atoms with van der Waals surface area (Å²) in [5.74, 6) is -2.22. The number of hydrogen-bond donors (Lipinski definition) is 0. The number of hydrogen-bond acceptors (Lipinski definition) is 4. The molecule has 0 saturated heterocycles. The standard InChI is InChI=1S/C13H10F6N4O2/c1-7-4-8(2-3-9(7)23(24)25)5-10-20-11(13(17,18)19)21-22(10)6-12(14,15)16/h2-4H,5-6H2,1H3. The van der Waals surface area contributed by atoms with E-state index in [1.54, 1.807) is 0 Å². The van der Waals surface area contributed by atoms with Crippen molar-refractivity contribution in [1.29, 1.82) is 0 Å². The Bertz CT molecular complexity index is 797. The van der Waals surface area contributed by atoms with Crippen molar-refractivity contribution in [2.75, 3.05) is 0 Å². The number of benzene rings is 1. The molecule has 25 heavy (non-hydrogen) atoms. The average molecular weight is 368 g/mol. The fourth-order valence-corrected chi connectivity index (χ4v) is 2.14. The van der Waals surface area contributed by atoms with Gasteiger partial charge in [-0.05, 0) is 18.6 Å². The van der Waals surface area contributed by atoms with Gasteiger partial charge in [0, 0.05) is 18.1 Å². The molecule has 6 nitrogen and oxygen atoms in total. The molecule has 0 radical (unpaired) electrons. The topological polar surface area (TPSA) is 73.8 Å². The molecule has 0 N–H and O–H groups in total. The van der Waals surface area contributed by atoms with E-state index in [9.17, 15) is 36.5 Å². The first-order chi connectivity index (χ1) is 11.4. The average Bonchev–Trinajstić information content (AvgIpc) is 2.79. The fraction of sp³-hybridized carbons (Fsp3) is 0.385. The smallest absolute Gasteiger partial charge is 0.258 e. The van der Waals surface area contributed by atoms with Crippen molar-refractivity contribution in [1.82, 2.24) is 14.8 Å². The molecule has 2 aromatic rings. The minimum Gasteiger partial charge on any atom is -0.258 e. The highest BCUT2D eigenvalue weighted by Gasteiger charge is 2.39. The monoisotopic (exact) mass is 368 g/mol. The van der Waals surface area contributed by atoms with Crippen LogP contribution in [0.5, 0.6) is 0 Å². The second-order valence-corrected chi connectivity index (χ2v) is 5.18. The van der Waals surface area contributed by atoms with Gasteiger partial charge in [0.05, 0.1) is 4.92 Å². The molecule has 0 bridgehead atoms. The Morgan fingerprint density at radius 2 is 1.84 bits per heavy atom. The van der Waals surface area contributed by atoms with Gasteiger partial charge in [-0.3, -0.25) is 10.1 Å². The molecule has 0 spiro atoms. The van der Waals surface area contributed by atoms with Crippen LogP contribution >= 0.6 is 0 Å². The van der Waals surface area contributed by atoms with E-state index in [-0.39, 0.29) is 21.5 Å². The zero-order valence-corrected chi connectivity index (χ0v) is 12.5. The van der Waals surface area contributed by atoms with E-state index in [1.807, 2.05) is 0 Å². The van der Waals surface area contributed by atoms with Gasteiger partial charge in [-0.2, -0.15) is 26.3 Å². The van der Waals surface area contributed by atoms with Crippen LogP contribution in [0.2, 0.25) is 0 Å². The van der Waals surface area contributed by atoms with Gasteiger partial charge in [0.25, 0.3) is 11.5 Å². The Hall–Kier alpha value is -2.66. The highest BCUT2D eigenvalue weighted by Crippen LogP contribution is 2.28. The van der Waals surface area contributed by atoms with Crippen LogP contribution in [0.3, 0.4) is 0 Å². The molecular weight excluding hydrogens is 358 g/mol. The van der Waals surface area contributed by atoms with E-state index in [0.717, 1.165) is 6.07 Å². The first kappa shape index (κ1) is 18.7. The summed E-state index contributed by atoms with van der Waals surface area (Å²) in [6, 6.07) is 3.67. The quantitative estimate of drug-likeness (QED) is 0.469. The normalized spacial score (nSPS) is 12.4. The van der Waals surface area contributed by atoms with Crippen molar-refractivity contribution >= 4 is 5.69 Å². The summed E-state index contributed by atoms with van der Waals surface area (Å²) in [4.78, 5) is 13.2. The zero-order chi connectivity index (χ0) is 19.0. The Morgan fingerprint density at radius 1 is 1.20 bits per heavy atom. The molecule has 0 atom stereocenters. The lowest BCUT2D eigenvalue weighted by molar-refractivity contribution is -0.385. The number of halogens is 6. The molecule has 1 heterocycles. The molecule has 136 valence electrons. The number of aromatic nitrogens is 3. The van der Waals surface area contributed by atoms with Crippen LogP contribution in [0, 0.1) is 17.0 Å². The summed E-state index contributed by atoms with van der Waals surface area (Å²) >= 11 is 0. The number of nitro benzene ring substituents is 1. The minimum absolute atomic E-state index is 0.138. The molecule has 0 unspecified atom stereocenters. The van der Waals surface area contributed by atoms with E-state index in [4.69, 9.17) is 0 Å². The van der Waals surface area contributed by atoms with E-state index in [0.29, 0.717) is 0 Å². The Morgan fingerprint density at radius 3 is 2.32 bits per heavy atom. The van der Waals surface area contributed by atoms with Crippen molar-refractivity contribution in [2.24, 2.45) is 0 Å². The maximum absolute atomic E-state index is 12.7. The lowest BCUT2D eigenvalue weighted by Gasteiger charge is -2.09. The van der Waals surface area contributed by atoms with Crippen LogP contribution in [0.15, 0.2) is 18.2 Å². The summed E-state index contributed by atoms with van der Waals surface area (Å²) in [6.07, 6.45) is -10.2. The Balaban J connectivity index is 2.39. The first-order valence-corrected chi connectivity index (χ1v) is 6.68. The summed E-state index contributed by atoms with van der Waals surface area (Å²) in [6.45, 7) is -0.319. The van der Waals surface area contributed by atoms with E-state index in [1.165, 1.54) is 19.1 Å². The highest BCUT2D eigenvalue weighted by atomic mass is 19.4. The third-order valence-electron chi connectivity index (χ3n) is 3.15. The van der Waals surface area contributed by atoms with Crippen molar-refractivity contribution in [3.8, 4) is 0 Å². The van der Waals surface area contributed by atoms with Crippen LogP contribution in [0.25, 0.3) is 0 Å². The molecular formula is C13H10F6N4O2. The van der Waals surface area contributed by atoms with Gasteiger partial charge in [0.2, 0.25) is 0 Å². The fourth-order valence-electron chi connectivity index (χ4n) is 2.14. The maximum Gasteiger partial charge on any atom is 0.453 e. The first-order valence-electron chi connectivity index (χ1n) is 6.68. The predicted octanol–water partition coefficient (Wildman–Crippen LogP) is 3.67. The molecule has 1 aromatic heterocycles. The van der Waals surface area contributed by atoms with Gasteiger partial charge < -0.3 is 0 Å². The number of nitro groups is 1. The van der Waals surface area contributed by atoms with Gasteiger partial charge in [0.1, 0.15) is 12.4 Å². The van der Waals surface area contributed by atoms with Crippen molar-refractivity contribution in [2.45, 2.75) is 32.2 Å². The van der Waals surface area contributed by atoms with Gasteiger partial charge >= 0.3 is 12.4 Å². The van der Waals surface area contributed by atoms with E-state index >= 15 is 0 Å². The Kier molecular flexibility index (Phi) is 4.73. The molecule has 0 aliphatic heterocycles. The van der Waals surface area contributed by atoms with Gasteiger partial charge in [-0.1, -0.05) is 6.07 Å². The molecule has 2 rings (SSSR count). The lowest BCUT2D eigenvalue weighted by atomic mass is 10.1. The second kappa shape index (κ2) is 6.33. The second-order valence-electron chi connectivity index (χ2n) is 5.18. The van der Waals surface area contributed by atoms with Crippen LogP contribution in [0.4, 0.5) is 32.0 Å². The molecule has 0 saturated carbocycles. The van der Waals surface area contributed by atoms with E-state index < -0.39 is 41.9 Å². The van der Waals surface area contributed by atoms with Crippen molar-refractivity contribution in [3.05, 3.63) is 51.1 Å². The molecule has 0 aliphatic carbocycles. The molecule has 0 amide bonds. The summed E-state index contributed by atoms with van der Waals surface area (Å²) in [7, 11) is 0. The van der Waals surface area contributed by atoms with Crippen molar-refractivity contribution in [3.63, 3.8) is 0 Å². The molecule has 0 aliphatic rings. The molecule has 12 heteroatoms. The largest absolute Gasteiger partial charge is 0.453 e. The number of nitrogens with zero attached hydrogens (tertiary/aromatic N) is 4. The van der Waals surface area contributed by atoms with Crippen LogP contribution < -0.4 is 0 Å². The number of aryl methyl sites for hydroxylation is 1. The Labute approximate surface area is 136 Å². The van der Waals surface area contributed by atoms with Crippen LogP contribution in [-0.2, 0) is 19.1 Å². The SMILES string of the molecule is Cc1cc(Cc2nc(C(F)(F)F)nn2CC(F)(F)F)ccc1[N+](=O)[O-]. The zero-order valence-electron chi connectivity index (χ0n) is 12.5. The third kappa shape index (κ3) is 4.67. The lowest BCUT2D eigenvalue weighted by Crippen LogP contribution is -2.21. The summed E-state index contributed by atoms with van der Waals surface area (Å²) in [5.41, 5.74) is 0.282. The minimum atomic E-state index is -4.99. The van der Waals surface area contributed by atoms with Gasteiger partial charge in [-0.15, -0.1) is 5.10 Å². The van der Waals surface area contributed by atoms with Crippen molar-refractivity contribution < 1.29 is 31.3 Å². The third-order valence-corrected chi connectivity index (χ3v) is 3.15. The summed E-state index contributed by atoms with van der Waals surface area (Å²) in [5, 5.41) is 13.6. The highest BCUT2D eigenvalue weighted by molar-refractivity contribution is 5.42. The molecule has 0 fully saturated rings. The number of rotatable bonds is 4. The predicted molar refractivity (Wildman–Crippen MR) is 71.7 cm³/mol. The van der Waals surface area contributed by atoms with Gasteiger partial charge in [0.15, 0.2) is 0 Å². The summed E-state index contributed by atoms with van der Waals surface area (Å²) < 4.78 is 75.7. The van der Waals surface area contributed by atoms with Gasteiger partial charge in [-0.25, -0.2) is 9.67 Å².